The lowest BCUT2D eigenvalue weighted by Gasteiger charge is -2.32. The van der Waals surface area contributed by atoms with Crippen molar-refractivity contribution in [1.29, 1.82) is 0 Å². The topological polar surface area (TPSA) is 63.3 Å². The maximum atomic E-state index is 12.3. The lowest BCUT2D eigenvalue weighted by Crippen LogP contribution is -2.44. The molecule has 1 amide bonds. The quantitative estimate of drug-likeness (QED) is 0.937. The van der Waals surface area contributed by atoms with Crippen LogP contribution in [0.5, 0.6) is 0 Å². The molecule has 6 heteroatoms. The van der Waals surface area contributed by atoms with E-state index < -0.39 is 0 Å². The molecule has 1 saturated heterocycles. The van der Waals surface area contributed by atoms with Crippen LogP contribution in [0.3, 0.4) is 0 Å². The molecular weight excluding hydrogens is 292 g/mol. The highest BCUT2D eigenvalue weighted by molar-refractivity contribution is 5.95. The highest BCUT2D eigenvalue weighted by Crippen LogP contribution is 2.16. The third kappa shape index (κ3) is 3.64. The number of carbonyl (C=O) groups excluding carboxylic acids is 1. The number of furan rings is 1. The van der Waals surface area contributed by atoms with Gasteiger partial charge in [0, 0.05) is 38.6 Å². The van der Waals surface area contributed by atoms with Gasteiger partial charge in [-0.2, -0.15) is 0 Å². The molecule has 0 bridgehead atoms. The van der Waals surface area contributed by atoms with Crippen molar-refractivity contribution in [3.8, 4) is 0 Å². The normalized spacial score (nSPS) is 16.7. The van der Waals surface area contributed by atoms with Crippen LogP contribution < -0.4 is 5.32 Å². The van der Waals surface area contributed by atoms with Gasteiger partial charge in [0.05, 0.1) is 12.1 Å². The molecule has 6 nitrogen and oxygen atoms in total. The van der Waals surface area contributed by atoms with Gasteiger partial charge in [0.1, 0.15) is 17.3 Å². The molecule has 2 aromatic heterocycles. The van der Waals surface area contributed by atoms with Crippen molar-refractivity contribution in [3.63, 3.8) is 0 Å². The summed E-state index contributed by atoms with van der Waals surface area (Å²) in [6, 6.07) is 2.04. The minimum absolute atomic E-state index is 0.0260. The predicted octanol–water partition coefficient (Wildman–Crippen LogP) is 2.02. The molecule has 1 aliphatic heterocycles. The number of nitrogens with zero attached hydrogens (tertiary/aromatic N) is 3. The van der Waals surface area contributed by atoms with Crippen molar-refractivity contribution in [2.24, 2.45) is 7.05 Å². The van der Waals surface area contributed by atoms with Gasteiger partial charge in [-0.3, -0.25) is 9.69 Å². The standard InChI is InChI=1S/C17H24N4O2/c1-12-10-15(13(2)23-12)17(22)19-14-4-7-21(8-5-14)11-16-18-6-9-20(16)3/h6,9-10,14H,4-5,7-8,11H2,1-3H3,(H,19,22). The number of rotatable bonds is 4. The lowest BCUT2D eigenvalue weighted by molar-refractivity contribution is 0.0906. The van der Waals surface area contributed by atoms with Crippen molar-refractivity contribution < 1.29 is 9.21 Å². The first-order valence-electron chi connectivity index (χ1n) is 8.09. The number of likely N-dealkylation sites (tertiary alicyclic amines) is 1. The Labute approximate surface area is 136 Å². The molecule has 0 unspecified atom stereocenters. The fourth-order valence-corrected chi connectivity index (χ4v) is 3.10. The van der Waals surface area contributed by atoms with Crippen LogP contribution in [0.4, 0.5) is 0 Å². The fourth-order valence-electron chi connectivity index (χ4n) is 3.10. The first kappa shape index (κ1) is 15.8. The molecule has 0 aliphatic carbocycles. The Morgan fingerprint density at radius 1 is 1.39 bits per heavy atom. The van der Waals surface area contributed by atoms with Crippen molar-refractivity contribution in [3.05, 3.63) is 41.4 Å². The lowest BCUT2D eigenvalue weighted by atomic mass is 10.0. The average Bonchev–Trinajstić information content (AvgIpc) is 3.07. The Bertz CT molecular complexity index is 681. The maximum absolute atomic E-state index is 12.3. The van der Waals surface area contributed by atoms with E-state index in [0.29, 0.717) is 11.3 Å². The number of aromatic nitrogens is 2. The Morgan fingerprint density at radius 2 is 2.13 bits per heavy atom. The number of imidazole rings is 1. The van der Waals surface area contributed by atoms with Crippen molar-refractivity contribution in [2.45, 2.75) is 39.3 Å². The molecule has 0 aromatic carbocycles. The SMILES string of the molecule is Cc1cc(C(=O)NC2CCN(Cc3nccn3C)CC2)c(C)o1. The smallest absolute Gasteiger partial charge is 0.255 e. The minimum atomic E-state index is -0.0260. The van der Waals surface area contributed by atoms with Crippen LogP contribution in [-0.2, 0) is 13.6 Å². The summed E-state index contributed by atoms with van der Waals surface area (Å²) in [5, 5.41) is 3.13. The van der Waals surface area contributed by atoms with E-state index in [-0.39, 0.29) is 11.9 Å². The first-order valence-corrected chi connectivity index (χ1v) is 8.09. The second-order valence-corrected chi connectivity index (χ2v) is 6.31. The second-order valence-electron chi connectivity index (χ2n) is 6.31. The van der Waals surface area contributed by atoms with E-state index in [1.165, 1.54) is 0 Å². The molecule has 1 fully saturated rings. The summed E-state index contributed by atoms with van der Waals surface area (Å²) in [5.41, 5.74) is 0.651. The monoisotopic (exact) mass is 316 g/mol. The van der Waals surface area contributed by atoms with E-state index in [4.69, 9.17) is 4.42 Å². The molecule has 0 saturated carbocycles. The molecule has 1 N–H and O–H groups in total. The van der Waals surface area contributed by atoms with Crippen LogP contribution in [-0.4, -0.2) is 39.5 Å². The molecule has 3 rings (SSSR count). The summed E-state index contributed by atoms with van der Waals surface area (Å²) in [7, 11) is 2.02. The molecular formula is C17H24N4O2. The zero-order chi connectivity index (χ0) is 16.4. The van der Waals surface area contributed by atoms with Crippen LogP contribution in [0.25, 0.3) is 0 Å². The fraction of sp³-hybridized carbons (Fsp3) is 0.529. The molecule has 0 spiro atoms. The number of carbonyl (C=O) groups is 1. The van der Waals surface area contributed by atoms with Crippen LogP contribution >= 0.6 is 0 Å². The van der Waals surface area contributed by atoms with Crippen LogP contribution in [0.15, 0.2) is 22.9 Å². The van der Waals surface area contributed by atoms with Crippen molar-refractivity contribution >= 4 is 5.91 Å². The maximum Gasteiger partial charge on any atom is 0.255 e. The molecule has 1 aliphatic rings. The van der Waals surface area contributed by atoms with E-state index in [2.05, 4.69) is 19.8 Å². The predicted molar refractivity (Wildman–Crippen MR) is 87.2 cm³/mol. The molecule has 0 radical (unpaired) electrons. The number of aryl methyl sites for hydroxylation is 3. The van der Waals surface area contributed by atoms with Gasteiger partial charge in [-0.25, -0.2) is 4.98 Å². The van der Waals surface area contributed by atoms with Gasteiger partial charge in [-0.05, 0) is 32.8 Å². The van der Waals surface area contributed by atoms with Gasteiger partial charge in [-0.15, -0.1) is 0 Å². The molecule has 3 heterocycles. The summed E-state index contributed by atoms with van der Waals surface area (Å²) < 4.78 is 7.49. The van der Waals surface area contributed by atoms with Gasteiger partial charge in [-0.1, -0.05) is 0 Å². The Hall–Kier alpha value is -2.08. The summed E-state index contributed by atoms with van der Waals surface area (Å²) in [6.45, 7) is 6.50. The van der Waals surface area contributed by atoms with Crippen LogP contribution in [0, 0.1) is 13.8 Å². The van der Waals surface area contributed by atoms with Gasteiger partial charge >= 0.3 is 0 Å². The van der Waals surface area contributed by atoms with E-state index in [1.807, 2.05) is 33.3 Å². The number of piperidine rings is 1. The average molecular weight is 316 g/mol. The third-order valence-electron chi connectivity index (χ3n) is 4.49. The Morgan fingerprint density at radius 3 is 2.70 bits per heavy atom. The Balaban J connectivity index is 1.50. The highest BCUT2D eigenvalue weighted by Gasteiger charge is 2.23. The van der Waals surface area contributed by atoms with Crippen molar-refractivity contribution in [2.75, 3.05) is 13.1 Å². The zero-order valence-corrected chi connectivity index (χ0v) is 14.0. The molecule has 23 heavy (non-hydrogen) atoms. The number of nitrogens with one attached hydrogen (secondary N) is 1. The minimum Gasteiger partial charge on any atom is -0.466 e. The molecule has 0 atom stereocenters. The number of hydrogen-bond acceptors (Lipinski definition) is 4. The summed E-state index contributed by atoms with van der Waals surface area (Å²) in [6.07, 6.45) is 5.73. The second kappa shape index (κ2) is 6.58. The summed E-state index contributed by atoms with van der Waals surface area (Å²) in [5.74, 6) is 2.52. The summed E-state index contributed by atoms with van der Waals surface area (Å²) >= 11 is 0. The number of amides is 1. The van der Waals surface area contributed by atoms with Gasteiger partial charge in [0.2, 0.25) is 0 Å². The Kier molecular flexibility index (Phi) is 4.52. The van der Waals surface area contributed by atoms with Crippen molar-refractivity contribution in [1.82, 2.24) is 19.8 Å². The van der Waals surface area contributed by atoms with Crippen LogP contribution in [0.2, 0.25) is 0 Å². The largest absolute Gasteiger partial charge is 0.466 e. The highest BCUT2D eigenvalue weighted by atomic mass is 16.3. The first-order chi connectivity index (χ1) is 11.0. The van der Waals surface area contributed by atoms with E-state index in [0.717, 1.165) is 44.1 Å². The van der Waals surface area contributed by atoms with E-state index >= 15 is 0 Å². The van der Waals surface area contributed by atoms with E-state index in [9.17, 15) is 4.79 Å². The molecule has 2 aromatic rings. The molecule has 124 valence electrons. The van der Waals surface area contributed by atoms with Gasteiger partial charge in [0.15, 0.2) is 0 Å². The van der Waals surface area contributed by atoms with Gasteiger partial charge < -0.3 is 14.3 Å². The third-order valence-corrected chi connectivity index (χ3v) is 4.49. The zero-order valence-electron chi connectivity index (χ0n) is 14.0. The van der Waals surface area contributed by atoms with Crippen LogP contribution in [0.1, 0.15) is 40.5 Å². The van der Waals surface area contributed by atoms with E-state index in [1.54, 1.807) is 6.07 Å². The summed E-state index contributed by atoms with van der Waals surface area (Å²) in [4.78, 5) is 19.1. The number of hydrogen-bond donors (Lipinski definition) is 1. The van der Waals surface area contributed by atoms with Gasteiger partial charge in [0.25, 0.3) is 5.91 Å².